The van der Waals surface area contributed by atoms with E-state index < -0.39 is 16.1 Å². The van der Waals surface area contributed by atoms with Crippen LogP contribution in [0.5, 0.6) is 0 Å². The fraction of sp³-hybridized carbons (Fsp3) is 0.125. The predicted octanol–water partition coefficient (Wildman–Crippen LogP) is 2.44. The van der Waals surface area contributed by atoms with Gasteiger partial charge in [-0.3, -0.25) is 9.48 Å². The largest absolute Gasteiger partial charge is 0.324 e. The molecule has 1 atom stereocenters. The normalized spacial score (nSPS) is 12.4. The number of carbonyl (C=O) groups excluding carboxylic acids is 1. The molecule has 0 aliphatic heterocycles. The zero-order valence-electron chi connectivity index (χ0n) is 14.1. The zero-order chi connectivity index (χ0) is 19.4. The van der Waals surface area contributed by atoms with E-state index in [9.17, 15) is 13.2 Å². The third-order valence-electron chi connectivity index (χ3n) is 3.57. The molecule has 3 rings (SSSR count). The Kier molecular flexibility index (Phi) is 5.51. The average molecular weight is 451 g/mol. The van der Waals surface area contributed by atoms with E-state index in [4.69, 9.17) is 0 Å². The van der Waals surface area contributed by atoms with E-state index in [0.29, 0.717) is 5.69 Å². The molecule has 27 heavy (non-hydrogen) atoms. The van der Waals surface area contributed by atoms with Crippen molar-refractivity contribution in [2.75, 3.05) is 10.0 Å². The van der Waals surface area contributed by atoms with Gasteiger partial charge in [0.25, 0.3) is 10.0 Å². The maximum absolute atomic E-state index is 12.3. The summed E-state index contributed by atoms with van der Waals surface area (Å²) in [7, 11) is -3.82. The highest BCUT2D eigenvalue weighted by Crippen LogP contribution is 2.18. The first kappa shape index (κ1) is 19.0. The van der Waals surface area contributed by atoms with E-state index >= 15 is 0 Å². The van der Waals surface area contributed by atoms with Gasteiger partial charge < -0.3 is 5.32 Å². The van der Waals surface area contributed by atoms with Crippen LogP contribution in [0, 0.1) is 0 Å². The van der Waals surface area contributed by atoms with Crippen LogP contribution >= 0.6 is 15.9 Å². The molecule has 0 spiro atoms. The Morgan fingerprint density at radius 2 is 1.85 bits per heavy atom. The van der Waals surface area contributed by atoms with Gasteiger partial charge in [-0.25, -0.2) is 23.1 Å². The third-order valence-corrected chi connectivity index (χ3v) is 5.32. The molecule has 0 aliphatic carbocycles. The summed E-state index contributed by atoms with van der Waals surface area (Å²) in [6, 6.07) is 6.83. The number of carbonyl (C=O) groups is 1. The number of amides is 1. The molecule has 1 unspecified atom stereocenters. The molecule has 3 aromatic rings. The number of nitrogens with one attached hydrogen (secondary N) is 2. The summed E-state index contributed by atoms with van der Waals surface area (Å²) in [5, 5.41) is 6.80. The van der Waals surface area contributed by atoms with Gasteiger partial charge in [-0.1, -0.05) is 0 Å². The molecule has 2 N–H and O–H groups in total. The Labute approximate surface area is 164 Å². The van der Waals surface area contributed by atoms with Gasteiger partial charge in [0, 0.05) is 24.3 Å². The second-order valence-corrected chi connectivity index (χ2v) is 8.10. The van der Waals surface area contributed by atoms with E-state index in [1.807, 2.05) is 0 Å². The van der Waals surface area contributed by atoms with Crippen LogP contribution in [0.1, 0.15) is 13.0 Å². The van der Waals surface area contributed by atoms with Crippen LogP contribution in [0.2, 0.25) is 0 Å². The fourth-order valence-corrected chi connectivity index (χ4v) is 3.40. The lowest BCUT2D eigenvalue weighted by molar-refractivity contribution is -0.119. The zero-order valence-corrected chi connectivity index (χ0v) is 16.5. The molecule has 0 saturated heterocycles. The molecule has 0 bridgehead atoms. The smallest absolute Gasteiger partial charge is 0.264 e. The predicted molar refractivity (Wildman–Crippen MR) is 103 cm³/mol. The van der Waals surface area contributed by atoms with Gasteiger partial charge in [0.05, 0.1) is 15.6 Å². The minimum Gasteiger partial charge on any atom is -0.324 e. The number of sulfonamides is 1. The molecule has 2 aromatic heterocycles. The number of rotatable bonds is 6. The highest BCUT2D eigenvalue weighted by Gasteiger charge is 2.18. The monoisotopic (exact) mass is 450 g/mol. The molecule has 0 fully saturated rings. The molecule has 140 valence electrons. The number of benzene rings is 1. The first-order valence-corrected chi connectivity index (χ1v) is 10.0. The Morgan fingerprint density at radius 3 is 2.44 bits per heavy atom. The second kappa shape index (κ2) is 7.84. The molecule has 2 heterocycles. The minimum absolute atomic E-state index is 0.0194. The van der Waals surface area contributed by atoms with Crippen molar-refractivity contribution in [1.82, 2.24) is 19.7 Å². The molecule has 9 nitrogen and oxygen atoms in total. The molecule has 1 amide bonds. The number of aromatic nitrogens is 4. The van der Waals surface area contributed by atoms with Crippen LogP contribution in [0.3, 0.4) is 0 Å². The second-order valence-electron chi connectivity index (χ2n) is 5.51. The molecular formula is C16H15BrN6O3S. The van der Waals surface area contributed by atoms with E-state index in [1.54, 1.807) is 25.4 Å². The van der Waals surface area contributed by atoms with Crippen LogP contribution in [0.25, 0.3) is 0 Å². The minimum atomic E-state index is -3.82. The van der Waals surface area contributed by atoms with E-state index in [0.717, 1.165) is 4.47 Å². The summed E-state index contributed by atoms with van der Waals surface area (Å²) in [6.07, 6.45) is 6.15. The van der Waals surface area contributed by atoms with Crippen molar-refractivity contribution in [1.29, 1.82) is 0 Å². The maximum Gasteiger partial charge on any atom is 0.264 e. The Morgan fingerprint density at radius 1 is 1.19 bits per heavy atom. The first-order valence-electron chi connectivity index (χ1n) is 7.75. The number of hydrogen-bond donors (Lipinski definition) is 2. The Balaban J connectivity index is 1.68. The van der Waals surface area contributed by atoms with Crippen molar-refractivity contribution >= 4 is 43.5 Å². The van der Waals surface area contributed by atoms with Crippen molar-refractivity contribution in [2.45, 2.75) is 17.9 Å². The summed E-state index contributed by atoms with van der Waals surface area (Å²) in [5.41, 5.74) is 0.466. The quantitative estimate of drug-likeness (QED) is 0.594. The molecule has 0 saturated carbocycles. The van der Waals surface area contributed by atoms with Crippen LogP contribution in [0.15, 0.2) is 64.5 Å². The van der Waals surface area contributed by atoms with Crippen LogP contribution in [-0.2, 0) is 14.8 Å². The first-order chi connectivity index (χ1) is 12.8. The molecular weight excluding hydrogens is 436 g/mol. The lowest BCUT2D eigenvalue weighted by Gasteiger charge is -2.13. The SMILES string of the molecule is CC(C(=O)Nc1ccc(S(=O)(=O)Nc2ncccn2)cc1)n1cc(Br)cn1. The van der Waals surface area contributed by atoms with Gasteiger partial charge in [0.15, 0.2) is 0 Å². The third kappa shape index (κ3) is 4.68. The summed E-state index contributed by atoms with van der Waals surface area (Å²) >= 11 is 3.28. The maximum atomic E-state index is 12.3. The van der Waals surface area contributed by atoms with Gasteiger partial charge in [-0.05, 0) is 53.2 Å². The lowest BCUT2D eigenvalue weighted by atomic mass is 10.2. The van der Waals surface area contributed by atoms with Crippen molar-refractivity contribution in [2.24, 2.45) is 0 Å². The van der Waals surface area contributed by atoms with Crippen LogP contribution in [0.4, 0.5) is 11.6 Å². The van der Waals surface area contributed by atoms with Crippen molar-refractivity contribution < 1.29 is 13.2 Å². The lowest BCUT2D eigenvalue weighted by Crippen LogP contribution is -2.24. The molecule has 0 aliphatic rings. The Hall–Kier alpha value is -2.79. The number of hydrogen-bond acceptors (Lipinski definition) is 6. The molecule has 0 radical (unpaired) electrons. The fourth-order valence-electron chi connectivity index (χ4n) is 2.14. The van der Waals surface area contributed by atoms with Gasteiger partial charge in [0.1, 0.15) is 6.04 Å². The van der Waals surface area contributed by atoms with Crippen molar-refractivity contribution in [3.8, 4) is 0 Å². The summed E-state index contributed by atoms with van der Waals surface area (Å²) in [4.78, 5) is 20.0. The standard InChI is InChI=1S/C16H15BrN6O3S/c1-11(23-10-12(17)9-20-23)15(24)21-13-3-5-14(6-4-13)27(25,26)22-16-18-7-2-8-19-16/h2-11H,1H3,(H,21,24)(H,18,19,22). The number of nitrogens with zero attached hydrogens (tertiary/aromatic N) is 4. The van der Waals surface area contributed by atoms with Crippen molar-refractivity contribution in [3.63, 3.8) is 0 Å². The van der Waals surface area contributed by atoms with Gasteiger partial charge >= 0.3 is 0 Å². The van der Waals surface area contributed by atoms with Crippen molar-refractivity contribution in [3.05, 3.63) is 59.6 Å². The number of anilines is 2. The van der Waals surface area contributed by atoms with Crippen LogP contribution < -0.4 is 10.0 Å². The molecule has 1 aromatic carbocycles. The highest BCUT2D eigenvalue weighted by molar-refractivity contribution is 9.10. The summed E-state index contributed by atoms with van der Waals surface area (Å²) in [5.74, 6) is -0.300. The Bertz CT molecular complexity index is 1040. The summed E-state index contributed by atoms with van der Waals surface area (Å²) in [6.45, 7) is 1.71. The number of halogens is 1. The molecule has 11 heteroatoms. The average Bonchev–Trinajstić information content (AvgIpc) is 3.08. The van der Waals surface area contributed by atoms with E-state index in [2.05, 4.69) is 41.0 Å². The topological polar surface area (TPSA) is 119 Å². The van der Waals surface area contributed by atoms with Gasteiger partial charge in [0.2, 0.25) is 11.9 Å². The van der Waals surface area contributed by atoms with E-state index in [1.165, 1.54) is 41.3 Å². The van der Waals surface area contributed by atoms with Gasteiger partial charge in [-0.15, -0.1) is 0 Å². The van der Waals surface area contributed by atoms with E-state index in [-0.39, 0.29) is 16.8 Å². The summed E-state index contributed by atoms with van der Waals surface area (Å²) < 4.78 is 29.2. The van der Waals surface area contributed by atoms with Gasteiger partial charge in [-0.2, -0.15) is 5.10 Å². The van der Waals surface area contributed by atoms with Crippen LogP contribution in [-0.4, -0.2) is 34.1 Å². The highest BCUT2D eigenvalue weighted by atomic mass is 79.9.